The molecule has 0 unspecified atom stereocenters. The number of amides is 1. The van der Waals surface area contributed by atoms with Crippen LogP contribution in [-0.2, 0) is 9.53 Å². The first-order chi connectivity index (χ1) is 8.66. The van der Waals surface area contributed by atoms with Crippen molar-refractivity contribution < 1.29 is 14.3 Å². The van der Waals surface area contributed by atoms with Crippen LogP contribution in [0.25, 0.3) is 0 Å². The highest BCUT2D eigenvalue weighted by atomic mass is 16.5. The van der Waals surface area contributed by atoms with E-state index in [1.807, 2.05) is 13.0 Å². The number of ether oxygens (including phenoxy) is 2. The highest BCUT2D eigenvalue weighted by Crippen LogP contribution is 2.20. The maximum atomic E-state index is 11.9. The monoisotopic (exact) mass is 250 g/mol. The molecule has 1 aromatic carbocycles. The Kier molecular flexibility index (Phi) is 4.04. The third kappa shape index (κ3) is 3.13. The fraction of sp³-hybridized carbons (Fsp3) is 0.462. The van der Waals surface area contributed by atoms with Gasteiger partial charge in [0.2, 0.25) is 0 Å². The first kappa shape index (κ1) is 12.7. The van der Waals surface area contributed by atoms with Crippen LogP contribution < -0.4 is 10.5 Å². The smallest absolute Gasteiger partial charge is 0.260 e. The molecule has 0 bridgehead atoms. The van der Waals surface area contributed by atoms with Crippen molar-refractivity contribution in [2.24, 2.45) is 0 Å². The van der Waals surface area contributed by atoms with E-state index in [-0.39, 0.29) is 12.5 Å². The van der Waals surface area contributed by atoms with Gasteiger partial charge in [-0.15, -0.1) is 0 Å². The van der Waals surface area contributed by atoms with Gasteiger partial charge in [0, 0.05) is 18.8 Å². The van der Waals surface area contributed by atoms with E-state index in [0.29, 0.717) is 37.7 Å². The molecule has 18 heavy (non-hydrogen) atoms. The van der Waals surface area contributed by atoms with Crippen LogP contribution in [0.5, 0.6) is 5.75 Å². The van der Waals surface area contributed by atoms with Gasteiger partial charge in [-0.2, -0.15) is 0 Å². The molecule has 0 aliphatic carbocycles. The molecule has 1 aliphatic rings. The van der Waals surface area contributed by atoms with Crippen LogP contribution in [0.15, 0.2) is 18.2 Å². The molecule has 0 saturated carbocycles. The summed E-state index contributed by atoms with van der Waals surface area (Å²) in [4.78, 5) is 13.6. The van der Waals surface area contributed by atoms with Crippen LogP contribution in [0, 0.1) is 6.92 Å². The zero-order chi connectivity index (χ0) is 13.0. The Hall–Kier alpha value is -1.75. The van der Waals surface area contributed by atoms with E-state index < -0.39 is 0 Å². The Morgan fingerprint density at radius 2 is 2.17 bits per heavy atom. The molecule has 2 rings (SSSR count). The number of nitrogens with two attached hydrogens (primary N) is 1. The number of rotatable bonds is 3. The standard InChI is InChI=1S/C13H18N2O3/c1-10-8-11(14)2-3-12(10)18-9-13(16)15-4-6-17-7-5-15/h2-3,8H,4-7,9,14H2,1H3. The molecule has 0 spiro atoms. The Morgan fingerprint density at radius 3 is 2.83 bits per heavy atom. The third-order valence-electron chi connectivity index (χ3n) is 2.91. The van der Waals surface area contributed by atoms with Gasteiger partial charge in [0.25, 0.3) is 5.91 Å². The van der Waals surface area contributed by atoms with Crippen LogP contribution in [0.3, 0.4) is 0 Å². The minimum atomic E-state index is -0.00507. The summed E-state index contributed by atoms with van der Waals surface area (Å²) in [6.07, 6.45) is 0. The molecule has 1 amide bonds. The van der Waals surface area contributed by atoms with Gasteiger partial charge in [0.1, 0.15) is 5.75 Å². The second-order valence-corrected chi connectivity index (χ2v) is 4.31. The minimum absolute atomic E-state index is 0.00507. The summed E-state index contributed by atoms with van der Waals surface area (Å²) in [7, 11) is 0. The lowest BCUT2D eigenvalue weighted by molar-refractivity contribution is -0.137. The van der Waals surface area contributed by atoms with Gasteiger partial charge in [0.05, 0.1) is 13.2 Å². The Labute approximate surface area is 106 Å². The Balaban J connectivity index is 1.88. The maximum Gasteiger partial charge on any atom is 0.260 e. The largest absolute Gasteiger partial charge is 0.483 e. The molecule has 1 aromatic rings. The van der Waals surface area contributed by atoms with E-state index in [4.69, 9.17) is 15.2 Å². The number of nitrogen functional groups attached to an aromatic ring is 1. The molecule has 0 atom stereocenters. The molecule has 98 valence electrons. The van der Waals surface area contributed by atoms with Crippen LogP contribution in [0.4, 0.5) is 5.69 Å². The lowest BCUT2D eigenvalue weighted by Crippen LogP contribution is -2.43. The van der Waals surface area contributed by atoms with E-state index in [1.165, 1.54) is 0 Å². The van der Waals surface area contributed by atoms with Crippen molar-refractivity contribution in [1.82, 2.24) is 4.90 Å². The van der Waals surface area contributed by atoms with Crippen LogP contribution in [0.2, 0.25) is 0 Å². The number of carbonyl (C=O) groups excluding carboxylic acids is 1. The number of carbonyl (C=O) groups is 1. The molecule has 0 aromatic heterocycles. The van der Waals surface area contributed by atoms with Crippen LogP contribution in [-0.4, -0.2) is 43.7 Å². The van der Waals surface area contributed by atoms with Gasteiger partial charge in [0.15, 0.2) is 6.61 Å². The zero-order valence-electron chi connectivity index (χ0n) is 10.5. The van der Waals surface area contributed by atoms with Gasteiger partial charge >= 0.3 is 0 Å². The number of benzene rings is 1. The Bertz CT molecular complexity index is 428. The fourth-order valence-corrected chi connectivity index (χ4v) is 1.88. The predicted molar refractivity (Wildman–Crippen MR) is 68.5 cm³/mol. The molecule has 1 heterocycles. The lowest BCUT2D eigenvalue weighted by atomic mass is 10.2. The topological polar surface area (TPSA) is 64.8 Å². The van der Waals surface area contributed by atoms with E-state index in [9.17, 15) is 4.79 Å². The minimum Gasteiger partial charge on any atom is -0.483 e. The third-order valence-corrected chi connectivity index (χ3v) is 2.91. The molecule has 1 fully saturated rings. The second-order valence-electron chi connectivity index (χ2n) is 4.31. The van der Waals surface area contributed by atoms with Gasteiger partial charge in [-0.1, -0.05) is 0 Å². The van der Waals surface area contributed by atoms with Gasteiger partial charge in [-0.25, -0.2) is 0 Å². The number of hydrogen-bond donors (Lipinski definition) is 1. The van der Waals surface area contributed by atoms with Gasteiger partial charge in [-0.3, -0.25) is 4.79 Å². The van der Waals surface area contributed by atoms with Crippen molar-refractivity contribution in [3.63, 3.8) is 0 Å². The first-order valence-electron chi connectivity index (χ1n) is 6.01. The summed E-state index contributed by atoms with van der Waals surface area (Å²) in [6, 6.07) is 5.38. The van der Waals surface area contributed by atoms with Crippen molar-refractivity contribution in [3.8, 4) is 5.75 Å². The number of anilines is 1. The van der Waals surface area contributed by atoms with E-state index >= 15 is 0 Å². The molecule has 5 heteroatoms. The van der Waals surface area contributed by atoms with Crippen molar-refractivity contribution in [3.05, 3.63) is 23.8 Å². The summed E-state index contributed by atoms with van der Waals surface area (Å²) >= 11 is 0. The highest BCUT2D eigenvalue weighted by Gasteiger charge is 2.17. The van der Waals surface area contributed by atoms with Crippen molar-refractivity contribution in [2.45, 2.75) is 6.92 Å². The Morgan fingerprint density at radius 1 is 1.44 bits per heavy atom. The highest BCUT2D eigenvalue weighted by molar-refractivity contribution is 5.77. The molecular weight excluding hydrogens is 232 g/mol. The molecule has 2 N–H and O–H groups in total. The molecule has 0 radical (unpaired) electrons. The first-order valence-corrected chi connectivity index (χ1v) is 6.01. The second kappa shape index (κ2) is 5.73. The quantitative estimate of drug-likeness (QED) is 0.806. The summed E-state index contributed by atoms with van der Waals surface area (Å²) in [5.41, 5.74) is 7.28. The van der Waals surface area contributed by atoms with Crippen molar-refractivity contribution in [2.75, 3.05) is 38.6 Å². The molecule has 5 nitrogen and oxygen atoms in total. The fourth-order valence-electron chi connectivity index (χ4n) is 1.88. The maximum absolute atomic E-state index is 11.9. The molecule has 1 aliphatic heterocycles. The van der Waals surface area contributed by atoms with E-state index in [2.05, 4.69) is 0 Å². The number of nitrogens with zero attached hydrogens (tertiary/aromatic N) is 1. The normalized spacial score (nSPS) is 15.5. The van der Waals surface area contributed by atoms with Gasteiger partial charge < -0.3 is 20.1 Å². The summed E-state index contributed by atoms with van der Waals surface area (Å²) in [5.74, 6) is 0.695. The van der Waals surface area contributed by atoms with Crippen LogP contribution >= 0.6 is 0 Å². The molecular formula is C13H18N2O3. The summed E-state index contributed by atoms with van der Waals surface area (Å²) < 4.78 is 10.7. The number of morpholine rings is 1. The number of aryl methyl sites for hydroxylation is 1. The lowest BCUT2D eigenvalue weighted by Gasteiger charge is -2.26. The number of hydrogen-bond acceptors (Lipinski definition) is 4. The zero-order valence-corrected chi connectivity index (χ0v) is 10.5. The SMILES string of the molecule is Cc1cc(N)ccc1OCC(=O)N1CCOCC1. The average Bonchev–Trinajstić information content (AvgIpc) is 2.38. The predicted octanol–water partition coefficient (Wildman–Crippen LogP) is 0.815. The summed E-state index contributed by atoms with van der Waals surface area (Å²) in [5, 5.41) is 0. The average molecular weight is 250 g/mol. The summed E-state index contributed by atoms with van der Waals surface area (Å²) in [6.45, 7) is 4.46. The molecule has 1 saturated heterocycles. The van der Waals surface area contributed by atoms with Crippen LogP contribution in [0.1, 0.15) is 5.56 Å². The van der Waals surface area contributed by atoms with E-state index in [1.54, 1.807) is 17.0 Å². The van der Waals surface area contributed by atoms with Gasteiger partial charge in [-0.05, 0) is 30.7 Å². The van der Waals surface area contributed by atoms with Crippen molar-refractivity contribution >= 4 is 11.6 Å². The van der Waals surface area contributed by atoms with Crippen molar-refractivity contribution in [1.29, 1.82) is 0 Å². The van der Waals surface area contributed by atoms with E-state index in [0.717, 1.165) is 5.56 Å².